The second-order valence-corrected chi connectivity index (χ2v) is 5.39. The van der Waals surface area contributed by atoms with Crippen LogP contribution < -0.4 is 0 Å². The predicted molar refractivity (Wildman–Crippen MR) is 63.0 cm³/mol. The van der Waals surface area contributed by atoms with Gasteiger partial charge in [-0.15, -0.1) is 11.8 Å². The van der Waals surface area contributed by atoms with Gasteiger partial charge in [-0.25, -0.2) is 4.98 Å². The SMILES string of the molecule is C[C@H](O)c1cccnc1SC1CCCC1. The first kappa shape index (κ1) is 11.0. The first-order valence-electron chi connectivity index (χ1n) is 5.57. The molecule has 0 saturated heterocycles. The van der Waals surface area contributed by atoms with Crippen LogP contribution in [0.1, 0.15) is 44.3 Å². The van der Waals surface area contributed by atoms with E-state index in [4.69, 9.17) is 0 Å². The van der Waals surface area contributed by atoms with Gasteiger partial charge in [0, 0.05) is 17.0 Å². The molecule has 15 heavy (non-hydrogen) atoms. The summed E-state index contributed by atoms with van der Waals surface area (Å²) in [5.41, 5.74) is 0.967. The van der Waals surface area contributed by atoms with Crippen LogP contribution in [0.25, 0.3) is 0 Å². The van der Waals surface area contributed by atoms with Crippen LogP contribution in [0.2, 0.25) is 0 Å². The summed E-state index contributed by atoms with van der Waals surface area (Å²) in [5, 5.41) is 11.3. The Bertz CT molecular complexity index is 321. The maximum Gasteiger partial charge on any atom is 0.102 e. The molecule has 1 aromatic rings. The summed E-state index contributed by atoms with van der Waals surface area (Å²) in [6, 6.07) is 3.86. The summed E-state index contributed by atoms with van der Waals surface area (Å²) in [6.07, 6.45) is 6.66. The Morgan fingerprint density at radius 1 is 1.47 bits per heavy atom. The Morgan fingerprint density at radius 3 is 2.87 bits per heavy atom. The van der Waals surface area contributed by atoms with Crippen molar-refractivity contribution in [2.45, 2.75) is 49.0 Å². The normalized spacial score (nSPS) is 19.3. The van der Waals surface area contributed by atoms with E-state index in [1.54, 1.807) is 6.92 Å². The number of hydrogen-bond donors (Lipinski definition) is 1. The highest BCUT2D eigenvalue weighted by Crippen LogP contribution is 2.36. The van der Waals surface area contributed by atoms with Gasteiger partial charge in [0.05, 0.1) is 6.10 Å². The zero-order valence-electron chi connectivity index (χ0n) is 9.02. The quantitative estimate of drug-likeness (QED) is 0.854. The number of rotatable bonds is 3. The molecule has 1 N–H and O–H groups in total. The van der Waals surface area contributed by atoms with Gasteiger partial charge in [-0.3, -0.25) is 0 Å². The molecule has 0 radical (unpaired) electrons. The molecule has 0 aromatic carbocycles. The Morgan fingerprint density at radius 2 is 2.20 bits per heavy atom. The van der Waals surface area contributed by atoms with Gasteiger partial charge < -0.3 is 5.11 Å². The lowest BCUT2D eigenvalue weighted by Gasteiger charge is -2.13. The van der Waals surface area contributed by atoms with E-state index in [9.17, 15) is 5.11 Å². The van der Waals surface area contributed by atoms with E-state index in [1.165, 1.54) is 25.7 Å². The van der Waals surface area contributed by atoms with Crippen molar-refractivity contribution >= 4 is 11.8 Å². The van der Waals surface area contributed by atoms with Gasteiger partial charge >= 0.3 is 0 Å². The van der Waals surface area contributed by atoms with Gasteiger partial charge in [0.25, 0.3) is 0 Å². The van der Waals surface area contributed by atoms with E-state index in [2.05, 4.69) is 4.98 Å². The molecular weight excluding hydrogens is 206 g/mol. The average Bonchev–Trinajstić information content (AvgIpc) is 2.71. The summed E-state index contributed by atoms with van der Waals surface area (Å²) in [6.45, 7) is 1.80. The maximum atomic E-state index is 9.63. The van der Waals surface area contributed by atoms with Gasteiger partial charge in [-0.05, 0) is 25.8 Å². The molecule has 1 aliphatic rings. The molecule has 1 heterocycles. The Labute approximate surface area is 95.1 Å². The first-order valence-corrected chi connectivity index (χ1v) is 6.45. The lowest BCUT2D eigenvalue weighted by Crippen LogP contribution is -2.00. The van der Waals surface area contributed by atoms with E-state index in [0.717, 1.165) is 10.6 Å². The minimum Gasteiger partial charge on any atom is -0.389 e. The molecule has 0 amide bonds. The predicted octanol–water partition coefficient (Wildman–Crippen LogP) is 3.17. The van der Waals surface area contributed by atoms with Crippen molar-refractivity contribution in [3.8, 4) is 0 Å². The molecule has 0 unspecified atom stereocenters. The van der Waals surface area contributed by atoms with Gasteiger partial charge in [0.15, 0.2) is 0 Å². The van der Waals surface area contributed by atoms with Crippen molar-refractivity contribution in [2.24, 2.45) is 0 Å². The van der Waals surface area contributed by atoms with Gasteiger partial charge in [-0.2, -0.15) is 0 Å². The van der Waals surface area contributed by atoms with Crippen molar-refractivity contribution in [1.29, 1.82) is 0 Å². The molecule has 1 fully saturated rings. The molecule has 0 aliphatic heterocycles. The number of pyridine rings is 1. The van der Waals surface area contributed by atoms with Crippen LogP contribution >= 0.6 is 11.8 Å². The number of nitrogens with zero attached hydrogens (tertiary/aromatic N) is 1. The van der Waals surface area contributed by atoms with Crippen LogP contribution in [0.4, 0.5) is 0 Å². The van der Waals surface area contributed by atoms with E-state index in [-0.39, 0.29) is 0 Å². The topological polar surface area (TPSA) is 33.1 Å². The minimum atomic E-state index is -0.414. The summed E-state index contributed by atoms with van der Waals surface area (Å²) >= 11 is 1.84. The smallest absolute Gasteiger partial charge is 0.102 e. The largest absolute Gasteiger partial charge is 0.389 e. The van der Waals surface area contributed by atoms with E-state index < -0.39 is 6.10 Å². The maximum absolute atomic E-state index is 9.63. The van der Waals surface area contributed by atoms with Crippen LogP contribution in [-0.4, -0.2) is 15.3 Å². The summed E-state index contributed by atoms with van der Waals surface area (Å²) in [7, 11) is 0. The number of aliphatic hydroxyl groups is 1. The Balaban J connectivity index is 2.12. The molecule has 2 nitrogen and oxygen atoms in total. The third-order valence-corrected chi connectivity index (χ3v) is 4.20. The molecule has 2 rings (SSSR count). The van der Waals surface area contributed by atoms with Crippen LogP contribution in [0.5, 0.6) is 0 Å². The van der Waals surface area contributed by atoms with Crippen LogP contribution in [0, 0.1) is 0 Å². The van der Waals surface area contributed by atoms with Crippen LogP contribution in [0.3, 0.4) is 0 Å². The third-order valence-electron chi connectivity index (χ3n) is 2.83. The summed E-state index contributed by atoms with van der Waals surface area (Å²) < 4.78 is 0. The molecule has 82 valence electrons. The fourth-order valence-electron chi connectivity index (χ4n) is 1.98. The molecular formula is C12H17NOS. The molecule has 0 spiro atoms. The number of thioether (sulfide) groups is 1. The molecule has 1 atom stereocenters. The fraction of sp³-hybridized carbons (Fsp3) is 0.583. The van der Waals surface area contributed by atoms with Crippen molar-refractivity contribution in [3.63, 3.8) is 0 Å². The molecule has 0 bridgehead atoms. The molecule has 1 aliphatic carbocycles. The van der Waals surface area contributed by atoms with Crippen LogP contribution in [-0.2, 0) is 0 Å². The second-order valence-electron chi connectivity index (χ2n) is 4.10. The average molecular weight is 223 g/mol. The van der Waals surface area contributed by atoms with E-state index in [0.29, 0.717) is 5.25 Å². The first-order chi connectivity index (χ1) is 7.27. The van der Waals surface area contributed by atoms with Crippen LogP contribution in [0.15, 0.2) is 23.4 Å². The monoisotopic (exact) mass is 223 g/mol. The number of aromatic nitrogens is 1. The zero-order chi connectivity index (χ0) is 10.7. The molecule has 3 heteroatoms. The lowest BCUT2D eigenvalue weighted by atomic mass is 10.2. The van der Waals surface area contributed by atoms with Crippen molar-refractivity contribution in [2.75, 3.05) is 0 Å². The third kappa shape index (κ3) is 2.73. The fourth-order valence-corrected chi connectivity index (χ4v) is 3.36. The lowest BCUT2D eigenvalue weighted by molar-refractivity contribution is 0.195. The standard InChI is InChI=1S/C12H17NOS/c1-9(14)11-7-4-8-13-12(11)15-10-5-2-3-6-10/h4,7-10,14H,2-3,5-6H2,1H3/t9-/m0/s1. The van der Waals surface area contributed by atoms with Gasteiger partial charge in [0.1, 0.15) is 5.03 Å². The highest BCUT2D eigenvalue weighted by molar-refractivity contribution is 7.99. The van der Waals surface area contributed by atoms with Gasteiger partial charge in [-0.1, -0.05) is 18.9 Å². The molecule has 1 saturated carbocycles. The number of hydrogen-bond acceptors (Lipinski definition) is 3. The van der Waals surface area contributed by atoms with Gasteiger partial charge in [0.2, 0.25) is 0 Å². The van der Waals surface area contributed by atoms with Crippen molar-refractivity contribution in [1.82, 2.24) is 4.98 Å². The summed E-state index contributed by atoms with van der Waals surface area (Å²) in [5.74, 6) is 0. The zero-order valence-corrected chi connectivity index (χ0v) is 9.83. The second kappa shape index (κ2) is 4.99. The highest BCUT2D eigenvalue weighted by Gasteiger charge is 2.19. The summed E-state index contributed by atoms with van der Waals surface area (Å²) in [4.78, 5) is 4.37. The minimum absolute atomic E-state index is 0.414. The Kier molecular flexibility index (Phi) is 3.65. The highest BCUT2D eigenvalue weighted by atomic mass is 32.2. The van der Waals surface area contributed by atoms with Crippen molar-refractivity contribution < 1.29 is 5.11 Å². The molecule has 1 aromatic heterocycles. The van der Waals surface area contributed by atoms with E-state index >= 15 is 0 Å². The number of aliphatic hydroxyl groups excluding tert-OH is 1. The Hall–Kier alpha value is -0.540. The van der Waals surface area contributed by atoms with Crippen molar-refractivity contribution in [3.05, 3.63) is 23.9 Å². The van der Waals surface area contributed by atoms with E-state index in [1.807, 2.05) is 30.1 Å².